The van der Waals surface area contributed by atoms with Gasteiger partial charge < -0.3 is 10.1 Å². The molecular formula is C21H22N4O4S. The zero-order valence-corrected chi connectivity index (χ0v) is 17.5. The Hall–Kier alpha value is -3.30. The number of rotatable bonds is 8. The topological polar surface area (TPSA) is 101 Å². The van der Waals surface area contributed by atoms with E-state index in [0.717, 1.165) is 0 Å². The Morgan fingerprint density at radius 1 is 0.967 bits per heavy atom. The van der Waals surface area contributed by atoms with Gasteiger partial charge in [-0.25, -0.2) is 18.4 Å². The Bertz CT molecular complexity index is 1080. The molecule has 30 heavy (non-hydrogen) atoms. The molecule has 1 aromatic heterocycles. The first-order valence-corrected chi connectivity index (χ1v) is 10.8. The Balaban J connectivity index is 1.66. The first kappa shape index (κ1) is 21.4. The summed E-state index contributed by atoms with van der Waals surface area (Å²) in [4.78, 5) is 20.6. The van der Waals surface area contributed by atoms with Gasteiger partial charge in [0, 0.05) is 36.7 Å². The SMILES string of the molecule is CCN(CC)S(=O)(=O)c1ccc(C(=O)Nc2ccc(Oc3ncccn3)cc2)cc1. The van der Waals surface area contributed by atoms with Gasteiger partial charge in [-0.1, -0.05) is 13.8 Å². The predicted molar refractivity (Wildman–Crippen MR) is 113 cm³/mol. The number of carbonyl (C=O) groups is 1. The van der Waals surface area contributed by atoms with Crippen LogP contribution in [0, 0.1) is 0 Å². The molecule has 1 N–H and O–H groups in total. The molecular weight excluding hydrogens is 404 g/mol. The van der Waals surface area contributed by atoms with E-state index in [1.165, 1.54) is 28.6 Å². The summed E-state index contributed by atoms with van der Waals surface area (Å²) >= 11 is 0. The van der Waals surface area contributed by atoms with Gasteiger partial charge in [-0.15, -0.1) is 0 Å². The quantitative estimate of drug-likeness (QED) is 0.591. The zero-order valence-electron chi connectivity index (χ0n) is 16.6. The van der Waals surface area contributed by atoms with Crippen LogP contribution in [-0.4, -0.2) is 41.7 Å². The summed E-state index contributed by atoms with van der Waals surface area (Å²) in [5, 5.41) is 2.77. The zero-order chi connectivity index (χ0) is 21.6. The molecule has 3 aromatic rings. The molecule has 0 aliphatic heterocycles. The average Bonchev–Trinajstić information content (AvgIpc) is 2.76. The maximum atomic E-state index is 12.5. The summed E-state index contributed by atoms with van der Waals surface area (Å²) in [6.07, 6.45) is 3.16. The highest BCUT2D eigenvalue weighted by Crippen LogP contribution is 2.21. The molecule has 156 valence electrons. The standard InChI is InChI=1S/C21H22N4O4S/c1-3-25(4-2)30(27,28)19-12-6-16(7-13-19)20(26)24-17-8-10-18(11-9-17)29-21-22-14-5-15-23-21/h5-15H,3-4H2,1-2H3,(H,24,26). The highest BCUT2D eigenvalue weighted by atomic mass is 32.2. The lowest BCUT2D eigenvalue weighted by molar-refractivity contribution is 0.102. The molecule has 0 saturated heterocycles. The second kappa shape index (κ2) is 9.47. The summed E-state index contributed by atoms with van der Waals surface area (Å²) in [5.74, 6) is 0.187. The Kier molecular flexibility index (Phi) is 6.76. The smallest absolute Gasteiger partial charge is 0.321 e. The van der Waals surface area contributed by atoms with Crippen molar-refractivity contribution in [3.05, 3.63) is 72.6 Å². The van der Waals surface area contributed by atoms with Crippen molar-refractivity contribution in [2.75, 3.05) is 18.4 Å². The van der Waals surface area contributed by atoms with Crippen molar-refractivity contribution in [2.45, 2.75) is 18.7 Å². The van der Waals surface area contributed by atoms with Crippen molar-refractivity contribution in [2.24, 2.45) is 0 Å². The molecule has 8 nitrogen and oxygen atoms in total. The minimum absolute atomic E-state index is 0.160. The maximum absolute atomic E-state index is 12.5. The van der Waals surface area contributed by atoms with Gasteiger partial charge >= 0.3 is 6.01 Å². The molecule has 0 radical (unpaired) electrons. The molecule has 0 aliphatic rings. The average molecular weight is 426 g/mol. The number of amides is 1. The number of carbonyl (C=O) groups excluding carboxylic acids is 1. The maximum Gasteiger partial charge on any atom is 0.321 e. The monoisotopic (exact) mass is 426 g/mol. The van der Waals surface area contributed by atoms with E-state index in [2.05, 4.69) is 15.3 Å². The van der Waals surface area contributed by atoms with Crippen molar-refractivity contribution < 1.29 is 17.9 Å². The van der Waals surface area contributed by atoms with Gasteiger partial charge in [0.2, 0.25) is 10.0 Å². The summed E-state index contributed by atoms with van der Waals surface area (Å²) in [6, 6.07) is 14.6. The Labute approximate surface area is 175 Å². The summed E-state index contributed by atoms with van der Waals surface area (Å²) in [6.45, 7) is 4.34. The number of nitrogens with one attached hydrogen (secondary N) is 1. The second-order valence-electron chi connectivity index (χ2n) is 6.23. The molecule has 0 fully saturated rings. The molecule has 0 saturated carbocycles. The molecule has 1 amide bonds. The van der Waals surface area contributed by atoms with Crippen molar-refractivity contribution in [3.8, 4) is 11.8 Å². The third kappa shape index (κ3) is 5.00. The molecule has 3 rings (SSSR count). The van der Waals surface area contributed by atoms with Crippen molar-refractivity contribution in [1.29, 1.82) is 0 Å². The fourth-order valence-electron chi connectivity index (χ4n) is 2.74. The second-order valence-corrected chi connectivity index (χ2v) is 8.16. The number of nitrogens with zero attached hydrogens (tertiary/aromatic N) is 3. The highest BCUT2D eigenvalue weighted by molar-refractivity contribution is 7.89. The van der Waals surface area contributed by atoms with Crippen LogP contribution in [0.4, 0.5) is 5.69 Å². The van der Waals surface area contributed by atoms with E-state index in [1.54, 1.807) is 56.6 Å². The largest absolute Gasteiger partial charge is 0.424 e. The van der Waals surface area contributed by atoms with E-state index in [1.807, 2.05) is 0 Å². The van der Waals surface area contributed by atoms with Crippen molar-refractivity contribution in [3.63, 3.8) is 0 Å². The van der Waals surface area contributed by atoms with E-state index in [9.17, 15) is 13.2 Å². The minimum atomic E-state index is -3.56. The van der Waals surface area contributed by atoms with Crippen LogP contribution in [-0.2, 0) is 10.0 Å². The summed E-state index contributed by atoms with van der Waals surface area (Å²) in [5.41, 5.74) is 0.924. The van der Waals surface area contributed by atoms with E-state index in [0.29, 0.717) is 30.1 Å². The lowest BCUT2D eigenvalue weighted by Crippen LogP contribution is -2.30. The van der Waals surface area contributed by atoms with Crippen LogP contribution in [0.5, 0.6) is 11.8 Å². The van der Waals surface area contributed by atoms with Crippen LogP contribution in [0.1, 0.15) is 24.2 Å². The Morgan fingerprint density at radius 2 is 1.57 bits per heavy atom. The number of sulfonamides is 1. The van der Waals surface area contributed by atoms with Crippen LogP contribution in [0.3, 0.4) is 0 Å². The van der Waals surface area contributed by atoms with Crippen LogP contribution in [0.2, 0.25) is 0 Å². The summed E-state index contributed by atoms with van der Waals surface area (Å²) < 4.78 is 31.9. The van der Waals surface area contributed by atoms with E-state index in [-0.39, 0.29) is 16.8 Å². The lowest BCUT2D eigenvalue weighted by Gasteiger charge is -2.18. The van der Waals surface area contributed by atoms with Gasteiger partial charge in [-0.2, -0.15) is 4.31 Å². The molecule has 0 atom stereocenters. The molecule has 9 heteroatoms. The van der Waals surface area contributed by atoms with Crippen molar-refractivity contribution >= 4 is 21.6 Å². The number of ether oxygens (including phenoxy) is 1. The van der Waals surface area contributed by atoms with Gasteiger partial charge in [0.05, 0.1) is 4.90 Å². The van der Waals surface area contributed by atoms with Crippen LogP contribution < -0.4 is 10.1 Å². The van der Waals surface area contributed by atoms with Crippen LogP contribution in [0.25, 0.3) is 0 Å². The highest BCUT2D eigenvalue weighted by Gasteiger charge is 2.21. The number of hydrogen-bond donors (Lipinski definition) is 1. The van der Waals surface area contributed by atoms with Crippen LogP contribution in [0.15, 0.2) is 71.9 Å². The normalized spacial score (nSPS) is 11.3. The van der Waals surface area contributed by atoms with E-state index in [4.69, 9.17) is 4.74 Å². The third-order valence-electron chi connectivity index (χ3n) is 4.32. The van der Waals surface area contributed by atoms with Gasteiger partial charge in [-0.3, -0.25) is 4.79 Å². The molecule has 0 aliphatic carbocycles. The fourth-order valence-corrected chi connectivity index (χ4v) is 4.20. The lowest BCUT2D eigenvalue weighted by atomic mass is 10.2. The number of aromatic nitrogens is 2. The van der Waals surface area contributed by atoms with E-state index < -0.39 is 10.0 Å². The minimum Gasteiger partial charge on any atom is -0.424 e. The number of benzene rings is 2. The molecule has 0 spiro atoms. The molecule has 0 bridgehead atoms. The van der Waals surface area contributed by atoms with Gasteiger partial charge in [0.1, 0.15) is 5.75 Å². The van der Waals surface area contributed by atoms with Crippen molar-refractivity contribution in [1.82, 2.24) is 14.3 Å². The van der Waals surface area contributed by atoms with E-state index >= 15 is 0 Å². The molecule has 1 heterocycles. The first-order chi connectivity index (χ1) is 14.4. The van der Waals surface area contributed by atoms with Gasteiger partial charge in [0.25, 0.3) is 5.91 Å². The van der Waals surface area contributed by atoms with Gasteiger partial charge in [0.15, 0.2) is 0 Å². The number of anilines is 1. The Morgan fingerprint density at radius 3 is 2.13 bits per heavy atom. The molecule has 0 unspecified atom stereocenters. The van der Waals surface area contributed by atoms with Crippen LogP contribution >= 0.6 is 0 Å². The molecule has 2 aromatic carbocycles. The third-order valence-corrected chi connectivity index (χ3v) is 6.39. The number of hydrogen-bond acceptors (Lipinski definition) is 6. The fraction of sp³-hybridized carbons (Fsp3) is 0.190. The van der Waals surface area contributed by atoms with Gasteiger partial charge in [-0.05, 0) is 54.6 Å². The predicted octanol–water partition coefficient (Wildman–Crippen LogP) is 3.55. The summed E-state index contributed by atoms with van der Waals surface area (Å²) in [7, 11) is -3.56. The first-order valence-electron chi connectivity index (χ1n) is 9.40.